The summed E-state index contributed by atoms with van der Waals surface area (Å²) in [6, 6.07) is 0. The predicted molar refractivity (Wildman–Crippen MR) is 52.8 cm³/mol. The van der Waals surface area contributed by atoms with Crippen LogP contribution in [-0.4, -0.2) is 51.3 Å². The molecule has 0 aromatic rings. The molecular formula is C10H20N2O. The van der Waals surface area contributed by atoms with Gasteiger partial charge in [-0.3, -0.25) is 0 Å². The number of likely N-dealkylation sites (N-methyl/N-ethyl adjacent to an activating group) is 1. The zero-order chi connectivity index (χ0) is 9.31. The quantitative estimate of drug-likeness (QED) is 0.669. The first kappa shape index (κ1) is 9.44. The van der Waals surface area contributed by atoms with Crippen LogP contribution in [0.1, 0.15) is 12.8 Å². The molecule has 3 heteroatoms. The first-order valence-corrected chi connectivity index (χ1v) is 5.17. The SMILES string of the molecule is CN(C)CC1CC2(CCNC2)CO1. The number of nitrogens with zero attached hydrogens (tertiary/aromatic N) is 1. The Bertz CT molecular complexity index is 176. The van der Waals surface area contributed by atoms with Gasteiger partial charge in [-0.1, -0.05) is 0 Å². The first-order chi connectivity index (χ1) is 6.20. The van der Waals surface area contributed by atoms with Crippen LogP contribution < -0.4 is 5.32 Å². The molecule has 2 heterocycles. The lowest BCUT2D eigenvalue weighted by atomic mass is 9.85. The molecule has 0 aliphatic carbocycles. The van der Waals surface area contributed by atoms with Crippen LogP contribution in [0, 0.1) is 5.41 Å². The number of ether oxygens (including phenoxy) is 1. The van der Waals surface area contributed by atoms with Gasteiger partial charge in [-0.25, -0.2) is 0 Å². The van der Waals surface area contributed by atoms with E-state index in [-0.39, 0.29) is 0 Å². The molecule has 0 amide bonds. The van der Waals surface area contributed by atoms with Gasteiger partial charge in [0, 0.05) is 18.5 Å². The van der Waals surface area contributed by atoms with E-state index in [1.807, 2.05) is 0 Å². The summed E-state index contributed by atoms with van der Waals surface area (Å²) >= 11 is 0. The maximum absolute atomic E-state index is 5.82. The van der Waals surface area contributed by atoms with Gasteiger partial charge in [0.1, 0.15) is 0 Å². The maximum Gasteiger partial charge on any atom is 0.0708 e. The highest BCUT2D eigenvalue weighted by molar-refractivity contribution is 4.94. The molecule has 2 rings (SSSR count). The summed E-state index contributed by atoms with van der Waals surface area (Å²) in [5, 5.41) is 3.44. The number of nitrogens with one attached hydrogen (secondary N) is 1. The minimum atomic E-state index is 0.467. The zero-order valence-electron chi connectivity index (χ0n) is 8.68. The third-order valence-corrected chi connectivity index (χ3v) is 3.19. The summed E-state index contributed by atoms with van der Waals surface area (Å²) < 4.78 is 5.82. The average Bonchev–Trinajstić information content (AvgIpc) is 2.63. The second-order valence-electron chi connectivity index (χ2n) is 4.83. The molecule has 2 unspecified atom stereocenters. The molecule has 0 radical (unpaired) electrons. The van der Waals surface area contributed by atoms with E-state index in [1.165, 1.54) is 19.4 Å². The molecule has 13 heavy (non-hydrogen) atoms. The zero-order valence-corrected chi connectivity index (χ0v) is 8.68. The lowest BCUT2D eigenvalue weighted by Crippen LogP contribution is -2.27. The van der Waals surface area contributed by atoms with Crippen molar-refractivity contribution in [3.63, 3.8) is 0 Å². The van der Waals surface area contributed by atoms with Crippen LogP contribution in [0.25, 0.3) is 0 Å². The van der Waals surface area contributed by atoms with Gasteiger partial charge in [-0.15, -0.1) is 0 Å². The summed E-state index contributed by atoms with van der Waals surface area (Å²) in [7, 11) is 4.22. The highest BCUT2D eigenvalue weighted by Crippen LogP contribution is 2.37. The molecule has 2 saturated heterocycles. The fraction of sp³-hybridized carbons (Fsp3) is 1.00. The van der Waals surface area contributed by atoms with Gasteiger partial charge in [0.2, 0.25) is 0 Å². The van der Waals surface area contributed by atoms with Crippen molar-refractivity contribution < 1.29 is 4.74 Å². The van der Waals surface area contributed by atoms with Crippen LogP contribution in [0.4, 0.5) is 0 Å². The molecule has 0 aromatic carbocycles. The minimum Gasteiger partial charge on any atom is -0.376 e. The van der Waals surface area contributed by atoms with Gasteiger partial charge in [-0.05, 0) is 33.5 Å². The highest BCUT2D eigenvalue weighted by atomic mass is 16.5. The van der Waals surface area contributed by atoms with E-state index in [9.17, 15) is 0 Å². The van der Waals surface area contributed by atoms with Crippen molar-refractivity contribution in [2.45, 2.75) is 18.9 Å². The lowest BCUT2D eigenvalue weighted by molar-refractivity contribution is 0.0788. The van der Waals surface area contributed by atoms with Crippen molar-refractivity contribution in [2.24, 2.45) is 5.41 Å². The normalized spacial score (nSPS) is 39.5. The van der Waals surface area contributed by atoms with Gasteiger partial charge in [0.15, 0.2) is 0 Å². The lowest BCUT2D eigenvalue weighted by Gasteiger charge is -2.19. The minimum absolute atomic E-state index is 0.467. The van der Waals surface area contributed by atoms with Gasteiger partial charge in [-0.2, -0.15) is 0 Å². The van der Waals surface area contributed by atoms with Crippen molar-refractivity contribution in [3.05, 3.63) is 0 Å². The molecule has 1 N–H and O–H groups in total. The highest BCUT2D eigenvalue weighted by Gasteiger charge is 2.42. The van der Waals surface area contributed by atoms with Crippen molar-refractivity contribution in [1.29, 1.82) is 0 Å². The number of hydrogen-bond donors (Lipinski definition) is 1. The molecule has 2 fully saturated rings. The molecule has 3 nitrogen and oxygen atoms in total. The van der Waals surface area contributed by atoms with E-state index in [1.54, 1.807) is 0 Å². The number of hydrogen-bond acceptors (Lipinski definition) is 3. The summed E-state index contributed by atoms with van der Waals surface area (Å²) in [5.41, 5.74) is 0.487. The van der Waals surface area contributed by atoms with Crippen LogP contribution in [0.5, 0.6) is 0 Å². The molecule has 1 spiro atoms. The van der Waals surface area contributed by atoms with E-state index in [0.717, 1.165) is 19.7 Å². The van der Waals surface area contributed by atoms with Gasteiger partial charge >= 0.3 is 0 Å². The maximum atomic E-state index is 5.82. The number of rotatable bonds is 2. The third kappa shape index (κ3) is 2.03. The van der Waals surface area contributed by atoms with Gasteiger partial charge in [0.25, 0.3) is 0 Å². The molecule has 0 aromatic heterocycles. The standard InChI is InChI=1S/C10H20N2O/c1-12(2)6-9-5-10(8-13-9)3-4-11-7-10/h9,11H,3-8H2,1-2H3. The molecule has 2 aliphatic heterocycles. The Morgan fingerprint density at radius 3 is 3.00 bits per heavy atom. The first-order valence-electron chi connectivity index (χ1n) is 5.17. The fourth-order valence-electron chi connectivity index (χ4n) is 2.51. The van der Waals surface area contributed by atoms with Crippen molar-refractivity contribution in [1.82, 2.24) is 10.2 Å². The Balaban J connectivity index is 1.86. The van der Waals surface area contributed by atoms with Crippen LogP contribution in [0.3, 0.4) is 0 Å². The van der Waals surface area contributed by atoms with Gasteiger partial charge < -0.3 is 15.0 Å². The monoisotopic (exact) mass is 184 g/mol. The van der Waals surface area contributed by atoms with E-state index >= 15 is 0 Å². The Labute approximate surface area is 80.4 Å². The van der Waals surface area contributed by atoms with E-state index in [0.29, 0.717) is 11.5 Å². The Hall–Kier alpha value is -0.120. The summed E-state index contributed by atoms with van der Waals surface area (Å²) in [5.74, 6) is 0. The molecule has 2 atom stereocenters. The molecule has 76 valence electrons. The summed E-state index contributed by atoms with van der Waals surface area (Å²) in [4.78, 5) is 2.21. The molecular weight excluding hydrogens is 164 g/mol. The third-order valence-electron chi connectivity index (χ3n) is 3.19. The molecule has 2 aliphatic rings. The second-order valence-corrected chi connectivity index (χ2v) is 4.83. The predicted octanol–water partition coefficient (Wildman–Crippen LogP) is 0.317. The molecule has 0 saturated carbocycles. The topological polar surface area (TPSA) is 24.5 Å². The van der Waals surface area contributed by atoms with E-state index < -0.39 is 0 Å². The smallest absolute Gasteiger partial charge is 0.0708 e. The van der Waals surface area contributed by atoms with E-state index in [2.05, 4.69) is 24.3 Å². The Morgan fingerprint density at radius 2 is 2.38 bits per heavy atom. The average molecular weight is 184 g/mol. The second kappa shape index (κ2) is 3.56. The summed E-state index contributed by atoms with van der Waals surface area (Å²) in [6.07, 6.45) is 3.02. The fourth-order valence-corrected chi connectivity index (χ4v) is 2.51. The van der Waals surface area contributed by atoms with Crippen molar-refractivity contribution in [2.75, 3.05) is 40.3 Å². The van der Waals surface area contributed by atoms with Gasteiger partial charge in [0.05, 0.1) is 12.7 Å². The molecule has 0 bridgehead atoms. The van der Waals surface area contributed by atoms with Crippen LogP contribution >= 0.6 is 0 Å². The van der Waals surface area contributed by atoms with E-state index in [4.69, 9.17) is 4.74 Å². The Kier molecular flexibility index (Phi) is 2.58. The summed E-state index contributed by atoms with van der Waals surface area (Å²) in [6.45, 7) is 4.38. The van der Waals surface area contributed by atoms with Crippen molar-refractivity contribution >= 4 is 0 Å². The van der Waals surface area contributed by atoms with Crippen molar-refractivity contribution in [3.8, 4) is 0 Å². The largest absolute Gasteiger partial charge is 0.376 e. The Morgan fingerprint density at radius 1 is 1.54 bits per heavy atom. The van der Waals surface area contributed by atoms with Crippen LogP contribution in [0.15, 0.2) is 0 Å². The van der Waals surface area contributed by atoms with Crippen LogP contribution in [-0.2, 0) is 4.74 Å². The van der Waals surface area contributed by atoms with Crippen LogP contribution in [0.2, 0.25) is 0 Å².